The summed E-state index contributed by atoms with van der Waals surface area (Å²) in [7, 11) is 0. The molecule has 0 unspecified atom stereocenters. The Balaban J connectivity index is 0.000000181. The third-order valence-electron chi connectivity index (χ3n) is 1.74. The molecule has 0 amide bonds. The van der Waals surface area contributed by atoms with Crippen molar-refractivity contribution in [2.24, 2.45) is 0 Å². The van der Waals surface area contributed by atoms with Crippen molar-refractivity contribution < 1.29 is 9.59 Å². The number of nitrogens with one attached hydrogen (secondary N) is 1. The maximum Gasteiger partial charge on any atom is 0.266 e. The lowest BCUT2D eigenvalue weighted by molar-refractivity contribution is -0.104. The fraction of sp³-hybridized carbons (Fsp3) is 0. The maximum atomic E-state index is 10.6. The van der Waals surface area contributed by atoms with Crippen LogP contribution in [0.5, 0.6) is 0 Å². The number of ketones is 1. The zero-order chi connectivity index (χ0) is 12.5. The molecule has 86 valence electrons. The Hall–Kier alpha value is -2.56. The van der Waals surface area contributed by atoms with E-state index in [4.69, 9.17) is 0 Å². The van der Waals surface area contributed by atoms with E-state index in [2.05, 4.69) is 9.97 Å². The molecular weight excluding hydrogens is 220 g/mol. The molecule has 0 bridgehead atoms. The highest BCUT2D eigenvalue weighted by molar-refractivity contribution is 6.33. The van der Waals surface area contributed by atoms with Crippen LogP contribution >= 0.6 is 0 Å². The van der Waals surface area contributed by atoms with Gasteiger partial charge in [0.15, 0.2) is 6.29 Å². The van der Waals surface area contributed by atoms with Gasteiger partial charge in [0.2, 0.25) is 5.78 Å². The molecule has 1 aromatic carbocycles. The van der Waals surface area contributed by atoms with Crippen LogP contribution in [-0.2, 0) is 4.79 Å². The van der Waals surface area contributed by atoms with E-state index in [-0.39, 0.29) is 5.56 Å². The summed E-state index contributed by atoms with van der Waals surface area (Å²) in [6, 6.07) is 8.45. The molecule has 1 aromatic heterocycles. The number of rotatable bonds is 2. The van der Waals surface area contributed by atoms with Gasteiger partial charge in [-0.1, -0.05) is 30.3 Å². The largest absolute Gasteiger partial charge is 0.326 e. The van der Waals surface area contributed by atoms with Crippen LogP contribution in [0.15, 0.2) is 53.7 Å². The third-order valence-corrected chi connectivity index (χ3v) is 1.74. The summed E-state index contributed by atoms with van der Waals surface area (Å²) in [5, 5.41) is 0. The fourth-order valence-electron chi connectivity index (χ4n) is 0.981. The second-order valence-electron chi connectivity index (χ2n) is 2.95. The second kappa shape index (κ2) is 6.84. The molecule has 1 heterocycles. The number of hydrogen-bond acceptors (Lipinski definition) is 4. The van der Waals surface area contributed by atoms with Crippen LogP contribution in [0.1, 0.15) is 10.4 Å². The molecule has 0 spiro atoms. The summed E-state index contributed by atoms with van der Waals surface area (Å²) >= 11 is 0. The van der Waals surface area contributed by atoms with Gasteiger partial charge in [0, 0.05) is 18.0 Å². The van der Waals surface area contributed by atoms with Gasteiger partial charge in [-0.15, -0.1) is 0 Å². The molecule has 0 aliphatic rings. The van der Waals surface area contributed by atoms with Gasteiger partial charge < -0.3 is 4.98 Å². The quantitative estimate of drug-likeness (QED) is 0.471. The first kappa shape index (κ1) is 12.5. The Morgan fingerprint density at radius 2 is 1.94 bits per heavy atom. The van der Waals surface area contributed by atoms with Gasteiger partial charge in [-0.25, -0.2) is 0 Å². The molecule has 2 rings (SSSR count). The topological polar surface area (TPSA) is 79.9 Å². The first-order chi connectivity index (χ1) is 8.24. The summed E-state index contributed by atoms with van der Waals surface area (Å²) in [5.74, 6) is -0.472. The van der Waals surface area contributed by atoms with Crippen molar-refractivity contribution in [2.75, 3.05) is 0 Å². The standard InChI is InChI=1S/C8H6O2.C4H4N2O/c9-6-8(10)7-4-2-1-3-5-7;7-4-3-5-1-2-6-4/h1-6H;1-3H,(H,6,7). The third kappa shape index (κ3) is 4.65. The van der Waals surface area contributed by atoms with E-state index in [0.29, 0.717) is 11.8 Å². The molecule has 0 radical (unpaired) electrons. The number of carbonyl (C=O) groups excluding carboxylic acids is 2. The molecule has 0 saturated heterocycles. The molecule has 0 aliphatic carbocycles. The minimum absolute atomic E-state index is 0.164. The number of aromatic nitrogens is 2. The Labute approximate surface area is 97.1 Å². The lowest BCUT2D eigenvalue weighted by atomic mass is 10.1. The minimum atomic E-state index is -0.472. The zero-order valence-corrected chi connectivity index (χ0v) is 8.87. The van der Waals surface area contributed by atoms with Crippen LogP contribution in [0.2, 0.25) is 0 Å². The SMILES string of the molecule is O=CC(=O)c1ccccc1.O=c1cncc[nH]1. The summed E-state index contributed by atoms with van der Waals surface area (Å²) in [6.07, 6.45) is 4.54. The van der Waals surface area contributed by atoms with Gasteiger partial charge in [0.05, 0.1) is 6.20 Å². The molecule has 5 nitrogen and oxygen atoms in total. The smallest absolute Gasteiger partial charge is 0.266 e. The van der Waals surface area contributed by atoms with E-state index in [1.54, 1.807) is 30.3 Å². The summed E-state index contributed by atoms with van der Waals surface area (Å²) < 4.78 is 0. The highest BCUT2D eigenvalue weighted by Crippen LogP contribution is 1.96. The first-order valence-corrected chi connectivity index (χ1v) is 4.77. The average molecular weight is 230 g/mol. The maximum absolute atomic E-state index is 10.6. The lowest BCUT2D eigenvalue weighted by Gasteiger charge is -1.88. The lowest BCUT2D eigenvalue weighted by Crippen LogP contribution is -2.01. The van der Waals surface area contributed by atoms with Gasteiger partial charge in [0.25, 0.3) is 5.56 Å². The zero-order valence-electron chi connectivity index (χ0n) is 8.87. The molecular formula is C12H10N2O3. The van der Waals surface area contributed by atoms with Crippen LogP contribution in [0.25, 0.3) is 0 Å². The average Bonchev–Trinajstić information content (AvgIpc) is 2.40. The predicted molar refractivity (Wildman–Crippen MR) is 61.7 cm³/mol. The van der Waals surface area contributed by atoms with Crippen molar-refractivity contribution in [3.8, 4) is 0 Å². The predicted octanol–water partition coefficient (Wildman–Crippen LogP) is 0.838. The summed E-state index contributed by atoms with van der Waals surface area (Å²) in [4.78, 5) is 36.7. The Morgan fingerprint density at radius 3 is 2.35 bits per heavy atom. The molecule has 0 fully saturated rings. The van der Waals surface area contributed by atoms with E-state index < -0.39 is 5.78 Å². The number of benzene rings is 1. The van der Waals surface area contributed by atoms with E-state index in [1.807, 2.05) is 0 Å². The second-order valence-corrected chi connectivity index (χ2v) is 2.95. The van der Waals surface area contributed by atoms with Gasteiger partial charge in [-0.05, 0) is 0 Å². The van der Waals surface area contributed by atoms with E-state index in [0.717, 1.165) is 0 Å². The van der Waals surface area contributed by atoms with E-state index in [1.165, 1.54) is 18.6 Å². The van der Waals surface area contributed by atoms with Crippen LogP contribution in [-0.4, -0.2) is 22.0 Å². The first-order valence-electron chi connectivity index (χ1n) is 4.77. The number of Topliss-reactive ketones (excluding diaryl/α,β-unsaturated/α-hetero) is 1. The molecule has 1 N–H and O–H groups in total. The number of H-pyrrole nitrogens is 1. The number of aldehydes is 1. The Morgan fingerprint density at radius 1 is 1.24 bits per heavy atom. The van der Waals surface area contributed by atoms with Crippen LogP contribution in [0, 0.1) is 0 Å². The molecule has 0 aliphatic heterocycles. The van der Waals surface area contributed by atoms with Crippen molar-refractivity contribution in [3.63, 3.8) is 0 Å². The summed E-state index contributed by atoms with van der Waals surface area (Å²) in [5.41, 5.74) is 0.278. The molecule has 0 saturated carbocycles. The monoisotopic (exact) mass is 230 g/mol. The number of carbonyl (C=O) groups is 2. The van der Waals surface area contributed by atoms with Gasteiger partial charge in [0.1, 0.15) is 0 Å². The van der Waals surface area contributed by atoms with Crippen molar-refractivity contribution in [3.05, 3.63) is 64.8 Å². The van der Waals surface area contributed by atoms with Gasteiger partial charge in [-0.3, -0.25) is 19.4 Å². The number of hydrogen-bond donors (Lipinski definition) is 1. The Bertz CT molecular complexity index is 517. The van der Waals surface area contributed by atoms with E-state index in [9.17, 15) is 14.4 Å². The fourth-order valence-corrected chi connectivity index (χ4v) is 0.981. The van der Waals surface area contributed by atoms with Gasteiger partial charge in [-0.2, -0.15) is 0 Å². The van der Waals surface area contributed by atoms with Crippen LogP contribution in [0.4, 0.5) is 0 Å². The summed E-state index contributed by atoms with van der Waals surface area (Å²) in [6.45, 7) is 0. The van der Waals surface area contributed by atoms with Crippen molar-refractivity contribution >= 4 is 12.1 Å². The number of nitrogens with zero attached hydrogens (tertiary/aromatic N) is 1. The van der Waals surface area contributed by atoms with Crippen LogP contribution < -0.4 is 5.56 Å². The molecule has 2 aromatic rings. The molecule has 17 heavy (non-hydrogen) atoms. The highest BCUT2D eigenvalue weighted by Gasteiger charge is 1.99. The number of aromatic amines is 1. The van der Waals surface area contributed by atoms with Crippen molar-refractivity contribution in [2.45, 2.75) is 0 Å². The van der Waals surface area contributed by atoms with Crippen molar-refractivity contribution in [1.29, 1.82) is 0 Å². The molecule has 5 heteroatoms. The Kier molecular flexibility index (Phi) is 5.03. The normalized spacial score (nSPS) is 8.71. The molecule has 0 atom stereocenters. The van der Waals surface area contributed by atoms with Crippen molar-refractivity contribution in [1.82, 2.24) is 9.97 Å². The van der Waals surface area contributed by atoms with E-state index >= 15 is 0 Å². The highest BCUT2D eigenvalue weighted by atomic mass is 16.2. The minimum Gasteiger partial charge on any atom is -0.326 e. The van der Waals surface area contributed by atoms with Crippen LogP contribution in [0.3, 0.4) is 0 Å². The van der Waals surface area contributed by atoms with Gasteiger partial charge >= 0.3 is 0 Å².